The van der Waals surface area contributed by atoms with Crippen LogP contribution in [0.1, 0.15) is 23.5 Å². The van der Waals surface area contributed by atoms with E-state index >= 15 is 0 Å². The highest BCUT2D eigenvalue weighted by atomic mass is 35.5. The second-order valence-corrected chi connectivity index (χ2v) is 9.96. The molecule has 3 atom stereocenters. The Bertz CT molecular complexity index is 1340. The molecule has 14 heteroatoms. The zero-order valence-corrected chi connectivity index (χ0v) is 21.7. The number of thiazole rings is 1. The number of aliphatic carboxylic acids is 1. The lowest BCUT2D eigenvalue weighted by Crippen LogP contribution is -2.62. The summed E-state index contributed by atoms with van der Waals surface area (Å²) in [7, 11) is 0. The van der Waals surface area contributed by atoms with E-state index in [9.17, 15) is 23.9 Å². The van der Waals surface area contributed by atoms with Crippen LogP contribution in [0, 0.1) is 5.82 Å². The zero-order valence-electron chi connectivity index (χ0n) is 20.1. The van der Waals surface area contributed by atoms with Gasteiger partial charge in [0.15, 0.2) is 10.8 Å². The maximum atomic E-state index is 14.5. The summed E-state index contributed by atoms with van der Waals surface area (Å²) in [6, 6.07) is 1.41. The van der Waals surface area contributed by atoms with Crippen LogP contribution in [0.25, 0.3) is 0 Å². The van der Waals surface area contributed by atoms with Crippen LogP contribution in [0.2, 0.25) is 5.02 Å². The third-order valence-electron chi connectivity index (χ3n) is 6.54. The van der Waals surface area contributed by atoms with Crippen LogP contribution in [0.5, 0.6) is 0 Å². The number of nitrogens with one attached hydrogen (secondary N) is 1. The van der Waals surface area contributed by atoms with Gasteiger partial charge in [-0.15, -0.1) is 11.3 Å². The molecule has 0 bridgehead atoms. The fourth-order valence-electron chi connectivity index (χ4n) is 4.88. The molecule has 0 unspecified atom stereocenters. The maximum absolute atomic E-state index is 14.5. The molecular weight excluding hydrogens is 541 g/mol. The average molecular weight is 564 g/mol. The van der Waals surface area contributed by atoms with Crippen molar-refractivity contribution in [3.8, 4) is 0 Å². The van der Waals surface area contributed by atoms with E-state index in [0.29, 0.717) is 16.5 Å². The Balaban J connectivity index is 1.61. The number of carboxylic acid groups (broad SMARTS) is 1. The van der Waals surface area contributed by atoms with E-state index in [2.05, 4.69) is 15.3 Å². The van der Waals surface area contributed by atoms with Crippen LogP contribution in [0.15, 0.2) is 46.0 Å². The number of aliphatic imine (C=N–C) groups is 1. The molecule has 0 saturated carbocycles. The van der Waals surface area contributed by atoms with E-state index in [4.69, 9.17) is 21.1 Å². The topological polar surface area (TPSA) is 134 Å². The van der Waals surface area contributed by atoms with E-state index < -0.39 is 42.0 Å². The van der Waals surface area contributed by atoms with Crippen LogP contribution in [-0.4, -0.2) is 88.7 Å². The molecule has 11 nitrogen and oxygen atoms in total. The number of nitrogens with zero attached hydrogens (tertiary/aromatic N) is 4. The molecule has 5 rings (SSSR count). The Morgan fingerprint density at radius 2 is 2.18 bits per heavy atom. The summed E-state index contributed by atoms with van der Waals surface area (Å²) in [6.45, 7) is 2.09. The quantitative estimate of drug-likeness (QED) is 0.487. The molecular formula is C24H23ClFN5O6S. The van der Waals surface area contributed by atoms with Gasteiger partial charge in [0.05, 0.1) is 23.2 Å². The minimum absolute atomic E-state index is 0.0303. The van der Waals surface area contributed by atoms with Gasteiger partial charge in [0, 0.05) is 42.5 Å². The Morgan fingerprint density at radius 1 is 1.37 bits per heavy atom. The number of aromatic nitrogens is 1. The number of esters is 1. The number of carbonyl (C=O) groups is 3. The van der Waals surface area contributed by atoms with Crippen LogP contribution >= 0.6 is 22.9 Å². The number of amidine groups is 1. The summed E-state index contributed by atoms with van der Waals surface area (Å²) < 4.78 is 24.9. The van der Waals surface area contributed by atoms with Crippen molar-refractivity contribution in [1.82, 2.24) is 20.1 Å². The molecule has 38 heavy (non-hydrogen) atoms. The molecule has 1 aromatic carbocycles. The van der Waals surface area contributed by atoms with Crippen molar-refractivity contribution in [1.29, 1.82) is 0 Å². The minimum Gasteiger partial charge on any atom is -0.480 e. The Labute approximate surface area is 225 Å². The number of cyclic esters (lactones) is 1. The second-order valence-electron chi connectivity index (χ2n) is 8.69. The summed E-state index contributed by atoms with van der Waals surface area (Å²) in [4.78, 5) is 49.8. The van der Waals surface area contributed by atoms with Gasteiger partial charge < -0.3 is 19.9 Å². The predicted octanol–water partition coefficient (Wildman–Crippen LogP) is 2.43. The fourth-order valence-corrected chi connectivity index (χ4v) is 5.70. The van der Waals surface area contributed by atoms with Gasteiger partial charge >= 0.3 is 18.0 Å². The fraction of sp³-hybridized carbons (Fsp3) is 0.375. The molecule has 2 aromatic rings. The van der Waals surface area contributed by atoms with Crippen molar-refractivity contribution < 1.29 is 33.4 Å². The van der Waals surface area contributed by atoms with Crippen molar-refractivity contribution in [3.05, 3.63) is 62.5 Å². The summed E-state index contributed by atoms with van der Waals surface area (Å²) in [5.74, 6) is -2.19. The first-order chi connectivity index (χ1) is 18.3. The van der Waals surface area contributed by atoms with Crippen molar-refractivity contribution in [2.45, 2.75) is 25.0 Å². The molecule has 0 spiro atoms. The van der Waals surface area contributed by atoms with Gasteiger partial charge in [0.1, 0.15) is 24.5 Å². The maximum Gasteiger partial charge on any atom is 0.410 e. The summed E-state index contributed by atoms with van der Waals surface area (Å²) in [5, 5.41) is 15.3. The number of amides is 1. The van der Waals surface area contributed by atoms with Crippen LogP contribution in [0.4, 0.5) is 9.18 Å². The number of hydrogen-bond acceptors (Lipinski definition) is 10. The van der Waals surface area contributed by atoms with E-state index in [0.717, 1.165) is 0 Å². The molecule has 1 aromatic heterocycles. The summed E-state index contributed by atoms with van der Waals surface area (Å²) in [6.07, 6.45) is 1.04. The highest BCUT2D eigenvalue weighted by Gasteiger charge is 2.48. The second kappa shape index (κ2) is 10.7. The average Bonchev–Trinajstić information content (AvgIpc) is 3.55. The number of benzene rings is 1. The zero-order chi connectivity index (χ0) is 27.0. The minimum atomic E-state index is -1.13. The van der Waals surface area contributed by atoms with Crippen molar-refractivity contribution in [2.75, 3.05) is 32.8 Å². The molecule has 0 aliphatic carbocycles. The first kappa shape index (κ1) is 26.1. The van der Waals surface area contributed by atoms with Crippen LogP contribution < -0.4 is 5.32 Å². The van der Waals surface area contributed by atoms with Gasteiger partial charge in [-0.05, 0) is 13.0 Å². The van der Waals surface area contributed by atoms with Gasteiger partial charge in [-0.3, -0.25) is 19.6 Å². The number of fused-ring (bicyclic) bond motifs is 1. The lowest BCUT2D eigenvalue weighted by atomic mass is 9.94. The predicted molar refractivity (Wildman–Crippen MR) is 134 cm³/mol. The molecule has 2 fully saturated rings. The number of piperazine rings is 1. The van der Waals surface area contributed by atoms with Crippen molar-refractivity contribution >= 4 is 46.8 Å². The number of carboxylic acids is 1. The molecule has 1 amide bonds. The van der Waals surface area contributed by atoms with Gasteiger partial charge in [0.25, 0.3) is 0 Å². The standard InChI is InChI=1S/C24H23ClFN5O6S/c1-2-36-23(34)16-14(10-30-7-8-31-15(11-37-24(31)35)19(30)22(32)33)28-20(21-27-6-9-38-21)29-18(16)12-4-3-5-13(26)17(12)25/h3-6,9,15,18-19H,2,7-8,10-11H2,1H3,(H,28,29)(H,32,33)/t15-,18-,19+/m0/s1. The normalized spacial score (nSPS) is 23.4. The Kier molecular flexibility index (Phi) is 7.32. The first-order valence-electron chi connectivity index (χ1n) is 11.8. The molecule has 2 saturated heterocycles. The lowest BCUT2D eigenvalue weighted by Gasteiger charge is -2.41. The molecule has 4 heterocycles. The van der Waals surface area contributed by atoms with Crippen LogP contribution in [0.3, 0.4) is 0 Å². The van der Waals surface area contributed by atoms with Gasteiger partial charge in [-0.1, -0.05) is 23.7 Å². The van der Waals surface area contributed by atoms with Gasteiger partial charge in [-0.2, -0.15) is 0 Å². The van der Waals surface area contributed by atoms with E-state index in [1.54, 1.807) is 29.5 Å². The number of halogens is 2. The summed E-state index contributed by atoms with van der Waals surface area (Å²) >= 11 is 7.63. The number of rotatable bonds is 7. The molecule has 3 aliphatic rings. The van der Waals surface area contributed by atoms with E-state index in [-0.39, 0.29) is 49.0 Å². The largest absolute Gasteiger partial charge is 0.480 e. The molecule has 200 valence electrons. The number of ether oxygens (including phenoxy) is 2. The number of hydrogen-bond donors (Lipinski definition) is 2. The third-order valence-corrected chi connectivity index (χ3v) is 7.72. The Morgan fingerprint density at radius 3 is 2.89 bits per heavy atom. The van der Waals surface area contributed by atoms with Crippen LogP contribution in [-0.2, 0) is 19.1 Å². The molecule has 2 N–H and O–H groups in total. The van der Waals surface area contributed by atoms with Crippen molar-refractivity contribution in [3.63, 3.8) is 0 Å². The molecule has 0 radical (unpaired) electrons. The lowest BCUT2D eigenvalue weighted by molar-refractivity contribution is -0.147. The number of carbonyl (C=O) groups excluding carboxylic acids is 2. The van der Waals surface area contributed by atoms with Gasteiger partial charge in [0.2, 0.25) is 0 Å². The third kappa shape index (κ3) is 4.72. The first-order valence-corrected chi connectivity index (χ1v) is 13.0. The van der Waals surface area contributed by atoms with E-state index in [1.807, 2.05) is 0 Å². The Hall–Kier alpha value is -3.55. The van der Waals surface area contributed by atoms with Gasteiger partial charge in [-0.25, -0.2) is 19.0 Å². The smallest absolute Gasteiger partial charge is 0.410 e. The summed E-state index contributed by atoms with van der Waals surface area (Å²) in [5.41, 5.74) is 0.640. The SMILES string of the molecule is CCOC(=O)C1=C(CN2CCN3C(=O)OC[C@H]3[C@@H]2C(=O)O)NC(c2nccs2)=N[C@H]1c1cccc(F)c1Cl. The highest BCUT2D eigenvalue weighted by molar-refractivity contribution is 7.11. The van der Waals surface area contributed by atoms with Crippen molar-refractivity contribution in [2.24, 2.45) is 4.99 Å². The monoisotopic (exact) mass is 563 g/mol. The highest BCUT2D eigenvalue weighted by Crippen LogP contribution is 2.38. The van der Waals surface area contributed by atoms with E-state index in [1.165, 1.54) is 28.4 Å². The molecule has 3 aliphatic heterocycles.